The minimum atomic E-state index is 0.222. The van der Waals surface area contributed by atoms with Gasteiger partial charge in [0, 0.05) is 10.8 Å². The molecule has 2 nitrogen and oxygen atoms in total. The fraction of sp³-hybridized carbons (Fsp3) is 0.250. The molecule has 0 radical (unpaired) electrons. The minimum Gasteiger partial charge on any atom is -0.507 e. The van der Waals surface area contributed by atoms with Crippen molar-refractivity contribution in [2.75, 3.05) is 0 Å². The molecule has 2 N–H and O–H groups in total. The molecule has 2 aromatic rings. The maximum Gasteiger partial charge on any atom is 0.126 e. The minimum absolute atomic E-state index is 0.222. The second-order valence-electron chi connectivity index (χ2n) is 4.93. The average molecular weight is 242 g/mol. The van der Waals surface area contributed by atoms with E-state index in [9.17, 15) is 10.2 Å². The van der Waals surface area contributed by atoms with Crippen LogP contribution in [0.15, 0.2) is 35.9 Å². The van der Waals surface area contributed by atoms with Crippen molar-refractivity contribution in [1.82, 2.24) is 0 Å². The van der Waals surface area contributed by atoms with Crippen molar-refractivity contribution in [2.24, 2.45) is 0 Å². The van der Waals surface area contributed by atoms with E-state index in [2.05, 4.69) is 19.9 Å². The highest BCUT2D eigenvalue weighted by Crippen LogP contribution is 2.35. The van der Waals surface area contributed by atoms with Crippen molar-refractivity contribution in [2.45, 2.75) is 27.2 Å². The quantitative estimate of drug-likeness (QED) is 0.615. The number of benzene rings is 2. The predicted molar refractivity (Wildman–Crippen MR) is 75.1 cm³/mol. The predicted octanol–water partition coefficient (Wildman–Crippen LogP) is 4.07. The van der Waals surface area contributed by atoms with E-state index in [1.807, 2.05) is 18.2 Å². The zero-order chi connectivity index (χ0) is 13.3. The Labute approximate surface area is 107 Å². The first-order valence-corrected chi connectivity index (χ1v) is 6.06. The van der Waals surface area contributed by atoms with Crippen molar-refractivity contribution in [3.63, 3.8) is 0 Å². The molecule has 0 aromatic heterocycles. The first-order valence-electron chi connectivity index (χ1n) is 6.06. The molecule has 18 heavy (non-hydrogen) atoms. The normalized spacial score (nSPS) is 10.6. The van der Waals surface area contributed by atoms with Gasteiger partial charge in [-0.25, -0.2) is 0 Å². The molecule has 0 aliphatic rings. The molecule has 2 rings (SSSR count). The molecule has 0 atom stereocenters. The summed E-state index contributed by atoms with van der Waals surface area (Å²) in [6.45, 7) is 5.91. The second kappa shape index (κ2) is 4.73. The number of rotatable bonds is 2. The van der Waals surface area contributed by atoms with Gasteiger partial charge >= 0.3 is 0 Å². The Bertz CT molecular complexity index is 621. The van der Waals surface area contributed by atoms with Crippen molar-refractivity contribution in [3.8, 4) is 11.5 Å². The van der Waals surface area contributed by atoms with E-state index >= 15 is 0 Å². The Morgan fingerprint density at radius 3 is 2.50 bits per heavy atom. The van der Waals surface area contributed by atoms with Gasteiger partial charge in [0.15, 0.2) is 0 Å². The number of hydrogen-bond donors (Lipinski definition) is 2. The van der Waals surface area contributed by atoms with Crippen LogP contribution in [0.1, 0.15) is 25.0 Å². The molecular formula is C16H18O2. The molecule has 0 heterocycles. The summed E-state index contributed by atoms with van der Waals surface area (Å²) < 4.78 is 0. The molecular weight excluding hydrogens is 224 g/mol. The van der Waals surface area contributed by atoms with E-state index in [4.69, 9.17) is 0 Å². The Hall–Kier alpha value is -1.96. The number of aromatic hydroxyl groups is 2. The molecule has 0 amide bonds. The van der Waals surface area contributed by atoms with Gasteiger partial charge in [0.1, 0.15) is 11.5 Å². The van der Waals surface area contributed by atoms with E-state index in [0.29, 0.717) is 16.3 Å². The molecule has 0 saturated heterocycles. The lowest BCUT2D eigenvalue weighted by atomic mass is 10.0. The van der Waals surface area contributed by atoms with Crippen LogP contribution >= 0.6 is 0 Å². The Balaban J connectivity index is 2.55. The van der Waals surface area contributed by atoms with Gasteiger partial charge in [0.25, 0.3) is 0 Å². The van der Waals surface area contributed by atoms with Crippen LogP contribution < -0.4 is 0 Å². The smallest absolute Gasteiger partial charge is 0.126 e. The highest BCUT2D eigenvalue weighted by atomic mass is 16.3. The molecule has 0 unspecified atom stereocenters. The molecule has 2 heteroatoms. The molecule has 0 spiro atoms. The van der Waals surface area contributed by atoms with Crippen molar-refractivity contribution in [3.05, 3.63) is 47.0 Å². The SMILES string of the molecule is CC(C)=CCc1ccc2c(O)c(C)cc(O)c2c1. The van der Waals surface area contributed by atoms with Crippen LogP contribution in [0.25, 0.3) is 10.8 Å². The molecule has 0 aliphatic heterocycles. The van der Waals surface area contributed by atoms with Crippen LogP contribution in [-0.2, 0) is 6.42 Å². The highest BCUT2D eigenvalue weighted by Gasteiger charge is 2.08. The zero-order valence-electron chi connectivity index (χ0n) is 11.0. The van der Waals surface area contributed by atoms with Gasteiger partial charge in [-0.15, -0.1) is 0 Å². The lowest BCUT2D eigenvalue weighted by Gasteiger charge is -2.08. The maximum absolute atomic E-state index is 9.97. The standard InChI is InChI=1S/C16H18O2/c1-10(2)4-5-12-6-7-13-14(9-12)15(17)8-11(3)16(13)18/h4,6-9,17-18H,5H2,1-3H3. The highest BCUT2D eigenvalue weighted by molar-refractivity contribution is 5.94. The summed E-state index contributed by atoms with van der Waals surface area (Å²) in [7, 11) is 0. The van der Waals surface area contributed by atoms with Gasteiger partial charge < -0.3 is 10.2 Å². The maximum atomic E-state index is 9.97. The summed E-state index contributed by atoms with van der Waals surface area (Å²) in [4.78, 5) is 0. The first kappa shape index (κ1) is 12.5. The summed E-state index contributed by atoms with van der Waals surface area (Å²) in [6, 6.07) is 7.39. The Morgan fingerprint density at radius 1 is 1.11 bits per heavy atom. The second-order valence-corrected chi connectivity index (χ2v) is 4.93. The molecule has 0 bridgehead atoms. The number of fused-ring (bicyclic) bond motifs is 1. The van der Waals surface area contributed by atoms with Crippen LogP contribution in [0, 0.1) is 6.92 Å². The molecule has 0 saturated carbocycles. The topological polar surface area (TPSA) is 40.5 Å². The van der Waals surface area contributed by atoms with Crippen LogP contribution in [0.3, 0.4) is 0 Å². The third-order valence-electron chi connectivity index (χ3n) is 3.09. The van der Waals surface area contributed by atoms with Crippen molar-refractivity contribution < 1.29 is 10.2 Å². The van der Waals surface area contributed by atoms with Crippen LogP contribution in [0.2, 0.25) is 0 Å². The van der Waals surface area contributed by atoms with Gasteiger partial charge in [-0.05, 0) is 50.5 Å². The lowest BCUT2D eigenvalue weighted by Crippen LogP contribution is -1.85. The number of aryl methyl sites for hydroxylation is 1. The number of phenolic OH excluding ortho intramolecular Hbond substituents is 2. The molecule has 94 valence electrons. The Morgan fingerprint density at radius 2 is 1.83 bits per heavy atom. The fourth-order valence-corrected chi connectivity index (χ4v) is 2.02. The Kier molecular flexibility index (Phi) is 3.28. The van der Waals surface area contributed by atoms with E-state index < -0.39 is 0 Å². The molecule has 0 fully saturated rings. The van der Waals surface area contributed by atoms with E-state index in [1.54, 1.807) is 13.0 Å². The van der Waals surface area contributed by atoms with Crippen molar-refractivity contribution in [1.29, 1.82) is 0 Å². The summed E-state index contributed by atoms with van der Waals surface area (Å²) in [6.07, 6.45) is 2.98. The molecule has 2 aromatic carbocycles. The fourth-order valence-electron chi connectivity index (χ4n) is 2.02. The average Bonchev–Trinajstić information content (AvgIpc) is 2.33. The summed E-state index contributed by atoms with van der Waals surface area (Å²) >= 11 is 0. The van der Waals surface area contributed by atoms with Crippen molar-refractivity contribution >= 4 is 10.8 Å². The number of allylic oxidation sites excluding steroid dienone is 2. The van der Waals surface area contributed by atoms with Gasteiger partial charge in [0.05, 0.1) is 0 Å². The monoisotopic (exact) mass is 242 g/mol. The summed E-state index contributed by atoms with van der Waals surface area (Å²) in [5.41, 5.74) is 3.09. The summed E-state index contributed by atoms with van der Waals surface area (Å²) in [5, 5.41) is 21.3. The zero-order valence-corrected chi connectivity index (χ0v) is 11.0. The van der Waals surface area contributed by atoms with E-state index in [1.165, 1.54) is 5.57 Å². The van der Waals surface area contributed by atoms with Gasteiger partial charge in [0.2, 0.25) is 0 Å². The van der Waals surface area contributed by atoms with Crippen LogP contribution in [0.5, 0.6) is 11.5 Å². The molecule has 0 aliphatic carbocycles. The number of hydrogen-bond acceptors (Lipinski definition) is 2. The largest absolute Gasteiger partial charge is 0.507 e. The van der Waals surface area contributed by atoms with Crippen LogP contribution in [-0.4, -0.2) is 10.2 Å². The van der Waals surface area contributed by atoms with Gasteiger partial charge in [-0.1, -0.05) is 23.8 Å². The third-order valence-corrected chi connectivity index (χ3v) is 3.09. The lowest BCUT2D eigenvalue weighted by molar-refractivity contribution is 0.466. The third kappa shape index (κ3) is 2.33. The number of phenols is 2. The van der Waals surface area contributed by atoms with Gasteiger partial charge in [-0.3, -0.25) is 0 Å². The van der Waals surface area contributed by atoms with E-state index in [0.717, 1.165) is 12.0 Å². The summed E-state index contributed by atoms with van der Waals surface area (Å²) in [5.74, 6) is 0.468. The van der Waals surface area contributed by atoms with E-state index in [-0.39, 0.29) is 11.5 Å². The first-order chi connectivity index (χ1) is 8.49. The van der Waals surface area contributed by atoms with Crippen LogP contribution in [0.4, 0.5) is 0 Å². The van der Waals surface area contributed by atoms with Gasteiger partial charge in [-0.2, -0.15) is 0 Å².